The van der Waals surface area contributed by atoms with Crippen molar-refractivity contribution in [2.24, 2.45) is 11.7 Å². The van der Waals surface area contributed by atoms with Gasteiger partial charge in [0.15, 0.2) is 0 Å². The van der Waals surface area contributed by atoms with Crippen molar-refractivity contribution < 1.29 is 0 Å². The second-order valence-corrected chi connectivity index (χ2v) is 3.41. The highest BCUT2D eigenvalue weighted by molar-refractivity contribution is 5.02. The molecule has 64 valence electrons. The van der Waals surface area contributed by atoms with E-state index in [2.05, 4.69) is 9.97 Å². The van der Waals surface area contributed by atoms with Gasteiger partial charge in [-0.05, 0) is 24.8 Å². The van der Waals surface area contributed by atoms with Crippen LogP contribution in [0.3, 0.4) is 0 Å². The molecule has 3 heteroatoms. The zero-order valence-corrected chi connectivity index (χ0v) is 6.98. The van der Waals surface area contributed by atoms with Crippen LogP contribution >= 0.6 is 0 Å². The van der Waals surface area contributed by atoms with Crippen molar-refractivity contribution in [1.29, 1.82) is 0 Å². The molecule has 1 atom stereocenters. The molecule has 0 amide bonds. The highest BCUT2D eigenvalue weighted by Crippen LogP contribution is 2.32. The van der Waals surface area contributed by atoms with Gasteiger partial charge in [0.1, 0.15) is 6.33 Å². The SMILES string of the molecule is NC(Cc1ccncn1)C1CC1. The number of hydrogen-bond donors (Lipinski definition) is 1. The van der Waals surface area contributed by atoms with Crippen LogP contribution in [0.1, 0.15) is 18.5 Å². The number of nitrogens with zero attached hydrogens (tertiary/aromatic N) is 2. The Balaban J connectivity index is 1.94. The maximum absolute atomic E-state index is 5.95. The van der Waals surface area contributed by atoms with Gasteiger partial charge in [0.25, 0.3) is 0 Å². The van der Waals surface area contributed by atoms with Crippen molar-refractivity contribution in [3.63, 3.8) is 0 Å². The van der Waals surface area contributed by atoms with Crippen LogP contribution in [0.4, 0.5) is 0 Å². The molecular weight excluding hydrogens is 150 g/mol. The number of rotatable bonds is 3. The molecule has 3 nitrogen and oxygen atoms in total. The minimum atomic E-state index is 0.305. The molecule has 0 saturated heterocycles. The van der Waals surface area contributed by atoms with Gasteiger partial charge in [-0.15, -0.1) is 0 Å². The van der Waals surface area contributed by atoms with Gasteiger partial charge in [-0.1, -0.05) is 0 Å². The Labute approximate surface area is 72.0 Å². The summed E-state index contributed by atoms with van der Waals surface area (Å²) in [6.07, 6.45) is 6.84. The molecule has 1 unspecified atom stereocenters. The molecule has 2 N–H and O–H groups in total. The summed E-state index contributed by atoms with van der Waals surface area (Å²) >= 11 is 0. The lowest BCUT2D eigenvalue weighted by atomic mass is 10.1. The quantitative estimate of drug-likeness (QED) is 0.715. The van der Waals surface area contributed by atoms with Crippen molar-refractivity contribution in [3.8, 4) is 0 Å². The summed E-state index contributed by atoms with van der Waals surface area (Å²) in [6.45, 7) is 0. The standard InChI is InChI=1S/C9H13N3/c10-9(7-1-2-7)5-8-3-4-11-6-12-8/h3-4,6-7,9H,1-2,5,10H2. The minimum Gasteiger partial charge on any atom is -0.327 e. The van der Waals surface area contributed by atoms with Crippen molar-refractivity contribution in [2.75, 3.05) is 0 Å². The van der Waals surface area contributed by atoms with Crippen LogP contribution in [0.2, 0.25) is 0 Å². The molecule has 1 aliphatic carbocycles. The molecule has 1 saturated carbocycles. The second kappa shape index (κ2) is 3.19. The van der Waals surface area contributed by atoms with E-state index in [0.29, 0.717) is 6.04 Å². The molecule has 0 spiro atoms. The molecule has 2 rings (SSSR count). The summed E-state index contributed by atoms with van der Waals surface area (Å²) < 4.78 is 0. The summed E-state index contributed by atoms with van der Waals surface area (Å²) in [5.74, 6) is 0.750. The minimum absolute atomic E-state index is 0.305. The summed E-state index contributed by atoms with van der Waals surface area (Å²) in [7, 11) is 0. The predicted octanol–water partition coefficient (Wildman–Crippen LogP) is 0.756. The van der Waals surface area contributed by atoms with Crippen molar-refractivity contribution in [2.45, 2.75) is 25.3 Å². The summed E-state index contributed by atoms with van der Waals surface area (Å²) in [6, 6.07) is 2.24. The van der Waals surface area contributed by atoms with E-state index in [1.165, 1.54) is 12.8 Å². The fourth-order valence-electron chi connectivity index (χ4n) is 1.37. The number of nitrogens with two attached hydrogens (primary N) is 1. The Morgan fingerprint density at radius 2 is 2.42 bits per heavy atom. The van der Waals surface area contributed by atoms with Crippen LogP contribution < -0.4 is 5.73 Å². The van der Waals surface area contributed by atoms with E-state index in [9.17, 15) is 0 Å². The summed E-state index contributed by atoms with van der Waals surface area (Å²) in [5, 5.41) is 0. The fraction of sp³-hybridized carbons (Fsp3) is 0.556. The molecule has 1 aliphatic rings. The smallest absolute Gasteiger partial charge is 0.115 e. The highest BCUT2D eigenvalue weighted by Gasteiger charge is 2.28. The number of aromatic nitrogens is 2. The zero-order chi connectivity index (χ0) is 8.39. The van der Waals surface area contributed by atoms with Crippen LogP contribution in [0.25, 0.3) is 0 Å². The average molecular weight is 163 g/mol. The van der Waals surface area contributed by atoms with Crippen LogP contribution in [-0.2, 0) is 6.42 Å². The first kappa shape index (κ1) is 7.68. The van der Waals surface area contributed by atoms with E-state index >= 15 is 0 Å². The molecule has 1 fully saturated rings. The lowest BCUT2D eigenvalue weighted by molar-refractivity contribution is 0.583. The van der Waals surface area contributed by atoms with Gasteiger partial charge in [0, 0.05) is 24.4 Å². The Hall–Kier alpha value is -0.960. The molecule has 0 bridgehead atoms. The first-order valence-corrected chi connectivity index (χ1v) is 4.37. The van der Waals surface area contributed by atoms with E-state index in [0.717, 1.165) is 18.0 Å². The van der Waals surface area contributed by atoms with Crippen LogP contribution in [-0.4, -0.2) is 16.0 Å². The summed E-state index contributed by atoms with van der Waals surface area (Å²) in [5.41, 5.74) is 7.01. The van der Waals surface area contributed by atoms with Crippen molar-refractivity contribution in [1.82, 2.24) is 9.97 Å². The molecular formula is C9H13N3. The third-order valence-electron chi connectivity index (χ3n) is 2.32. The Morgan fingerprint density at radius 3 is 3.00 bits per heavy atom. The normalized spacial score (nSPS) is 19.1. The largest absolute Gasteiger partial charge is 0.327 e. The van der Waals surface area contributed by atoms with Gasteiger partial charge < -0.3 is 5.73 Å². The molecule has 1 heterocycles. The topological polar surface area (TPSA) is 51.8 Å². The first-order valence-electron chi connectivity index (χ1n) is 4.37. The molecule has 0 aliphatic heterocycles. The maximum Gasteiger partial charge on any atom is 0.115 e. The Bertz CT molecular complexity index is 243. The van der Waals surface area contributed by atoms with Crippen molar-refractivity contribution >= 4 is 0 Å². The molecule has 0 aromatic carbocycles. The molecule has 1 aromatic heterocycles. The second-order valence-electron chi connectivity index (χ2n) is 3.41. The zero-order valence-electron chi connectivity index (χ0n) is 6.98. The van der Waals surface area contributed by atoms with E-state index in [1.807, 2.05) is 6.07 Å². The third kappa shape index (κ3) is 1.80. The molecule has 1 aromatic rings. The van der Waals surface area contributed by atoms with Gasteiger partial charge in [-0.3, -0.25) is 0 Å². The van der Waals surface area contributed by atoms with E-state index < -0.39 is 0 Å². The maximum atomic E-state index is 5.95. The molecule has 12 heavy (non-hydrogen) atoms. The van der Waals surface area contributed by atoms with Gasteiger partial charge >= 0.3 is 0 Å². The molecule has 0 radical (unpaired) electrons. The van der Waals surface area contributed by atoms with Crippen LogP contribution in [0, 0.1) is 5.92 Å². The Morgan fingerprint density at radius 1 is 1.58 bits per heavy atom. The van der Waals surface area contributed by atoms with E-state index in [-0.39, 0.29) is 0 Å². The van der Waals surface area contributed by atoms with Crippen LogP contribution in [0.15, 0.2) is 18.6 Å². The van der Waals surface area contributed by atoms with E-state index in [1.54, 1.807) is 12.5 Å². The van der Waals surface area contributed by atoms with Gasteiger partial charge in [0.05, 0.1) is 0 Å². The third-order valence-corrected chi connectivity index (χ3v) is 2.32. The van der Waals surface area contributed by atoms with Gasteiger partial charge in [-0.2, -0.15) is 0 Å². The Kier molecular flexibility index (Phi) is 2.04. The van der Waals surface area contributed by atoms with Crippen molar-refractivity contribution in [3.05, 3.63) is 24.3 Å². The van der Waals surface area contributed by atoms with Crippen LogP contribution in [0.5, 0.6) is 0 Å². The first-order chi connectivity index (χ1) is 5.86. The highest BCUT2D eigenvalue weighted by atomic mass is 14.8. The average Bonchev–Trinajstić information content (AvgIpc) is 2.88. The van der Waals surface area contributed by atoms with E-state index in [4.69, 9.17) is 5.73 Å². The fourth-order valence-corrected chi connectivity index (χ4v) is 1.37. The van der Waals surface area contributed by atoms with Gasteiger partial charge in [-0.25, -0.2) is 9.97 Å². The monoisotopic (exact) mass is 163 g/mol. The lowest BCUT2D eigenvalue weighted by Crippen LogP contribution is -2.25. The lowest BCUT2D eigenvalue weighted by Gasteiger charge is -2.07. The predicted molar refractivity (Wildman–Crippen MR) is 46.4 cm³/mol. The summed E-state index contributed by atoms with van der Waals surface area (Å²) in [4.78, 5) is 8.00. The number of hydrogen-bond acceptors (Lipinski definition) is 3. The van der Waals surface area contributed by atoms with Gasteiger partial charge in [0.2, 0.25) is 0 Å².